The van der Waals surface area contributed by atoms with Crippen molar-refractivity contribution in [3.05, 3.63) is 59.2 Å². The van der Waals surface area contributed by atoms with E-state index in [0.29, 0.717) is 18.7 Å². The minimum atomic E-state index is -4.00. The lowest BCUT2D eigenvalue weighted by molar-refractivity contribution is -0.134. The van der Waals surface area contributed by atoms with Crippen molar-refractivity contribution in [3.8, 4) is 5.75 Å². The molecule has 0 saturated carbocycles. The summed E-state index contributed by atoms with van der Waals surface area (Å²) in [6, 6.07) is 10.6. The number of esters is 1. The maximum Gasteiger partial charge on any atom is 0.339 e. The molecule has 1 amide bonds. The summed E-state index contributed by atoms with van der Waals surface area (Å²) in [5, 5.41) is 0. The van der Waals surface area contributed by atoms with E-state index < -0.39 is 16.1 Å². The first-order valence-corrected chi connectivity index (χ1v) is 10.7. The molecule has 0 aliphatic rings. The van der Waals surface area contributed by atoms with Gasteiger partial charge in [-0.2, -0.15) is 8.42 Å². The number of benzene rings is 2. The summed E-state index contributed by atoms with van der Waals surface area (Å²) in [5.41, 5.74) is 1.57. The Balaban J connectivity index is 2.05. The molecule has 0 aromatic heterocycles. The van der Waals surface area contributed by atoms with E-state index in [9.17, 15) is 18.0 Å². The molecule has 0 radical (unpaired) electrons. The number of aryl methyl sites for hydroxylation is 2. The Bertz CT molecular complexity index is 979. The number of nitrogens with zero attached hydrogens (tertiary/aromatic N) is 1. The fraction of sp³-hybridized carbons (Fsp3) is 0.333. The number of carbonyl (C=O) groups is 2. The highest BCUT2D eigenvalue weighted by Gasteiger charge is 2.20. The molecule has 0 saturated heterocycles. The van der Waals surface area contributed by atoms with E-state index in [1.165, 1.54) is 24.3 Å². The third-order valence-corrected chi connectivity index (χ3v) is 5.74. The standard InChI is InChI=1S/C21H25NO6S/c1-5-22(6-2)20(23)14-27-21(24)17-9-11-18(12-10-17)28-29(25,26)19-13-15(3)7-8-16(19)4/h7-13H,5-6,14H2,1-4H3. The first-order valence-electron chi connectivity index (χ1n) is 9.24. The van der Waals surface area contributed by atoms with Gasteiger partial charge in [-0.3, -0.25) is 4.79 Å². The number of hydrogen-bond acceptors (Lipinski definition) is 6. The Morgan fingerprint density at radius 2 is 1.59 bits per heavy atom. The van der Waals surface area contributed by atoms with Gasteiger partial charge in [-0.05, 0) is 69.2 Å². The van der Waals surface area contributed by atoms with Crippen LogP contribution in [0, 0.1) is 13.8 Å². The van der Waals surface area contributed by atoms with Gasteiger partial charge in [0, 0.05) is 13.1 Å². The van der Waals surface area contributed by atoms with Gasteiger partial charge in [0.2, 0.25) is 0 Å². The molecule has 0 aliphatic carbocycles. The maximum atomic E-state index is 12.5. The zero-order valence-corrected chi connectivity index (χ0v) is 17.8. The van der Waals surface area contributed by atoms with Crippen LogP contribution >= 0.6 is 0 Å². The average molecular weight is 419 g/mol. The van der Waals surface area contributed by atoms with E-state index in [0.717, 1.165) is 5.56 Å². The molecule has 0 spiro atoms. The van der Waals surface area contributed by atoms with Gasteiger partial charge in [-0.25, -0.2) is 4.79 Å². The van der Waals surface area contributed by atoms with Crippen LogP contribution in [0.25, 0.3) is 0 Å². The number of amides is 1. The quantitative estimate of drug-likeness (QED) is 0.482. The Morgan fingerprint density at radius 1 is 0.966 bits per heavy atom. The van der Waals surface area contributed by atoms with E-state index >= 15 is 0 Å². The third kappa shape index (κ3) is 5.80. The summed E-state index contributed by atoms with van der Waals surface area (Å²) in [7, 11) is -4.00. The van der Waals surface area contributed by atoms with Crippen LogP contribution in [-0.4, -0.2) is 44.9 Å². The van der Waals surface area contributed by atoms with Crippen molar-refractivity contribution in [1.82, 2.24) is 4.90 Å². The van der Waals surface area contributed by atoms with Crippen LogP contribution in [0.5, 0.6) is 5.75 Å². The van der Waals surface area contributed by atoms with Gasteiger partial charge >= 0.3 is 16.1 Å². The van der Waals surface area contributed by atoms with Gasteiger partial charge in [-0.15, -0.1) is 0 Å². The van der Waals surface area contributed by atoms with E-state index in [2.05, 4.69) is 0 Å². The zero-order valence-electron chi connectivity index (χ0n) is 17.0. The summed E-state index contributed by atoms with van der Waals surface area (Å²) in [6.45, 7) is 7.89. The Morgan fingerprint density at radius 3 is 2.17 bits per heavy atom. The predicted molar refractivity (Wildman–Crippen MR) is 108 cm³/mol. The van der Waals surface area contributed by atoms with Crippen molar-refractivity contribution < 1.29 is 26.9 Å². The number of rotatable bonds is 8. The maximum absolute atomic E-state index is 12.5. The van der Waals surface area contributed by atoms with Gasteiger partial charge in [0.25, 0.3) is 5.91 Å². The lowest BCUT2D eigenvalue weighted by Gasteiger charge is -2.18. The molecule has 29 heavy (non-hydrogen) atoms. The molecule has 0 fully saturated rings. The fourth-order valence-electron chi connectivity index (χ4n) is 2.67. The highest BCUT2D eigenvalue weighted by Crippen LogP contribution is 2.23. The normalized spacial score (nSPS) is 11.0. The van der Waals surface area contributed by atoms with Crippen LogP contribution in [0.15, 0.2) is 47.4 Å². The molecule has 2 rings (SSSR count). The van der Waals surface area contributed by atoms with Gasteiger partial charge in [0.05, 0.1) is 5.56 Å². The molecule has 156 valence electrons. The Labute approximate surface area is 171 Å². The zero-order chi connectivity index (χ0) is 21.6. The van der Waals surface area contributed by atoms with E-state index in [4.69, 9.17) is 8.92 Å². The third-order valence-electron chi connectivity index (χ3n) is 4.35. The summed E-state index contributed by atoms with van der Waals surface area (Å²) >= 11 is 0. The Hall–Kier alpha value is -2.87. The number of carbonyl (C=O) groups excluding carboxylic acids is 2. The molecule has 0 N–H and O–H groups in total. The second-order valence-electron chi connectivity index (χ2n) is 6.47. The molecule has 8 heteroatoms. The molecule has 2 aromatic carbocycles. The van der Waals surface area contributed by atoms with Crippen LogP contribution < -0.4 is 4.18 Å². The van der Waals surface area contributed by atoms with Gasteiger partial charge in [0.15, 0.2) is 6.61 Å². The van der Waals surface area contributed by atoms with Crippen LogP contribution in [0.1, 0.15) is 35.3 Å². The first kappa shape index (κ1) is 22.4. The van der Waals surface area contributed by atoms with Crippen molar-refractivity contribution in [3.63, 3.8) is 0 Å². The van der Waals surface area contributed by atoms with Gasteiger partial charge < -0.3 is 13.8 Å². The molecule has 0 unspecified atom stereocenters. The highest BCUT2D eigenvalue weighted by molar-refractivity contribution is 7.87. The Kier molecular flexibility index (Phi) is 7.39. The lowest BCUT2D eigenvalue weighted by atomic mass is 10.2. The molecule has 0 bridgehead atoms. The van der Waals surface area contributed by atoms with Crippen LogP contribution in [0.2, 0.25) is 0 Å². The minimum Gasteiger partial charge on any atom is -0.452 e. The molecule has 2 aromatic rings. The largest absolute Gasteiger partial charge is 0.452 e. The lowest BCUT2D eigenvalue weighted by Crippen LogP contribution is -2.34. The predicted octanol–water partition coefficient (Wildman–Crippen LogP) is 3.10. The topological polar surface area (TPSA) is 90.0 Å². The number of hydrogen-bond donors (Lipinski definition) is 0. The molecule has 0 heterocycles. The summed E-state index contributed by atoms with van der Waals surface area (Å²) in [6.07, 6.45) is 0. The molecule has 0 aliphatic heterocycles. The van der Waals surface area contributed by atoms with Crippen LogP contribution in [0.4, 0.5) is 0 Å². The SMILES string of the molecule is CCN(CC)C(=O)COC(=O)c1ccc(OS(=O)(=O)c2cc(C)ccc2C)cc1. The van der Waals surface area contributed by atoms with Gasteiger partial charge in [0.1, 0.15) is 10.6 Å². The second kappa shape index (κ2) is 9.56. The second-order valence-corrected chi connectivity index (χ2v) is 7.99. The van der Waals surface area contributed by atoms with Crippen molar-refractivity contribution >= 4 is 22.0 Å². The monoisotopic (exact) mass is 419 g/mol. The van der Waals surface area contributed by atoms with E-state index in [1.54, 1.807) is 30.9 Å². The van der Waals surface area contributed by atoms with Crippen molar-refractivity contribution in [2.75, 3.05) is 19.7 Å². The summed E-state index contributed by atoms with van der Waals surface area (Å²) in [5.74, 6) is -0.876. The van der Waals surface area contributed by atoms with Crippen LogP contribution in [0.3, 0.4) is 0 Å². The molecular weight excluding hydrogens is 394 g/mol. The van der Waals surface area contributed by atoms with Crippen molar-refractivity contribution in [1.29, 1.82) is 0 Å². The van der Waals surface area contributed by atoms with Crippen molar-refractivity contribution in [2.24, 2.45) is 0 Å². The highest BCUT2D eigenvalue weighted by atomic mass is 32.2. The first-order chi connectivity index (χ1) is 13.7. The summed E-state index contributed by atoms with van der Waals surface area (Å²) < 4.78 is 35.3. The smallest absolute Gasteiger partial charge is 0.339 e. The molecule has 7 nitrogen and oxygen atoms in total. The molecule has 0 atom stereocenters. The number of likely N-dealkylation sites (N-methyl/N-ethyl adjacent to an activating group) is 1. The fourth-order valence-corrected chi connectivity index (χ4v) is 3.92. The number of ether oxygens (including phenoxy) is 1. The summed E-state index contributed by atoms with van der Waals surface area (Å²) in [4.78, 5) is 25.6. The average Bonchev–Trinajstić information content (AvgIpc) is 2.69. The minimum absolute atomic E-state index is 0.0710. The van der Waals surface area contributed by atoms with E-state index in [1.807, 2.05) is 19.9 Å². The molecular formula is C21H25NO6S. The van der Waals surface area contributed by atoms with Crippen LogP contribution in [-0.2, 0) is 19.6 Å². The van der Waals surface area contributed by atoms with Gasteiger partial charge in [-0.1, -0.05) is 12.1 Å². The van der Waals surface area contributed by atoms with Crippen molar-refractivity contribution in [2.45, 2.75) is 32.6 Å². The van der Waals surface area contributed by atoms with E-state index in [-0.39, 0.29) is 28.7 Å².